The predicted molar refractivity (Wildman–Crippen MR) is 76.4 cm³/mol. The van der Waals surface area contributed by atoms with E-state index in [1.807, 2.05) is 23.1 Å². The molecule has 2 amide bonds. The number of amides is 2. The molecule has 0 aliphatic carbocycles. The molecule has 5 heteroatoms. The van der Waals surface area contributed by atoms with Crippen molar-refractivity contribution in [2.24, 2.45) is 0 Å². The number of para-hydroxylation sites is 1. The molecule has 2 N–H and O–H groups in total. The second-order valence-corrected chi connectivity index (χ2v) is 5.71. The van der Waals surface area contributed by atoms with E-state index in [1.165, 1.54) is 5.56 Å². The maximum atomic E-state index is 11.6. The number of hydrogen-bond donors (Lipinski definition) is 2. The van der Waals surface area contributed by atoms with Crippen molar-refractivity contribution in [1.29, 1.82) is 0 Å². The van der Waals surface area contributed by atoms with E-state index in [-0.39, 0.29) is 30.4 Å². The minimum atomic E-state index is -0.236. The van der Waals surface area contributed by atoms with E-state index in [4.69, 9.17) is 0 Å². The van der Waals surface area contributed by atoms with Crippen LogP contribution in [-0.4, -0.2) is 31.4 Å². The summed E-state index contributed by atoms with van der Waals surface area (Å²) in [5, 5.41) is 5.88. The fourth-order valence-electron chi connectivity index (χ4n) is 3.15. The fourth-order valence-corrected chi connectivity index (χ4v) is 3.15. The molecule has 0 bridgehead atoms. The topological polar surface area (TPSA) is 61.4 Å². The zero-order valence-corrected chi connectivity index (χ0v) is 11.6. The summed E-state index contributed by atoms with van der Waals surface area (Å²) in [7, 11) is 0. The van der Waals surface area contributed by atoms with Crippen molar-refractivity contribution in [1.82, 2.24) is 10.6 Å². The van der Waals surface area contributed by atoms with E-state index in [2.05, 4.69) is 23.6 Å². The summed E-state index contributed by atoms with van der Waals surface area (Å²) in [6.07, 6.45) is 2.21. The van der Waals surface area contributed by atoms with Crippen LogP contribution in [0.5, 0.6) is 0 Å². The summed E-state index contributed by atoms with van der Waals surface area (Å²) in [5.74, 6) is -0.471. The van der Waals surface area contributed by atoms with Crippen molar-refractivity contribution in [2.75, 3.05) is 24.5 Å². The number of hydrogen-bond acceptors (Lipinski definition) is 4. The van der Waals surface area contributed by atoms with Crippen molar-refractivity contribution in [3.05, 3.63) is 29.8 Å². The second kappa shape index (κ2) is 4.90. The molecule has 106 valence electrons. The molecule has 5 nitrogen and oxygen atoms in total. The lowest BCUT2D eigenvalue weighted by Gasteiger charge is -2.34. The summed E-state index contributed by atoms with van der Waals surface area (Å²) < 4.78 is 0. The van der Waals surface area contributed by atoms with Crippen LogP contribution < -0.4 is 15.5 Å². The van der Waals surface area contributed by atoms with E-state index in [1.54, 1.807) is 0 Å². The number of carbonyl (C=O) groups is 2. The summed E-state index contributed by atoms with van der Waals surface area (Å²) in [6, 6.07) is 8.04. The third kappa shape index (κ3) is 2.29. The van der Waals surface area contributed by atoms with Crippen LogP contribution in [0.15, 0.2) is 24.3 Å². The molecule has 0 aromatic heterocycles. The number of benzene rings is 1. The van der Waals surface area contributed by atoms with Crippen molar-refractivity contribution < 1.29 is 9.59 Å². The molecule has 0 radical (unpaired) electrons. The second-order valence-electron chi connectivity index (χ2n) is 5.71. The van der Waals surface area contributed by atoms with Crippen molar-refractivity contribution in [3.8, 4) is 0 Å². The smallest absolute Gasteiger partial charge is 0.246 e. The number of nitrogens with zero attached hydrogens (tertiary/aromatic N) is 1. The van der Waals surface area contributed by atoms with Gasteiger partial charge in [-0.1, -0.05) is 18.2 Å². The number of imide groups is 1. The Labute approximate surface area is 118 Å². The number of nitrogens with one attached hydrogen (secondary N) is 2. The Morgan fingerprint density at radius 1 is 1.15 bits per heavy atom. The van der Waals surface area contributed by atoms with E-state index in [0.717, 1.165) is 25.1 Å². The first-order valence-corrected chi connectivity index (χ1v) is 7.01. The van der Waals surface area contributed by atoms with Gasteiger partial charge in [-0.25, -0.2) is 0 Å². The van der Waals surface area contributed by atoms with Crippen LogP contribution in [0.1, 0.15) is 25.3 Å². The number of piperazine rings is 1. The van der Waals surface area contributed by atoms with Gasteiger partial charge in [0.1, 0.15) is 0 Å². The molecule has 3 rings (SSSR count). The molecule has 2 aliphatic rings. The lowest BCUT2D eigenvalue weighted by atomic mass is 9.88. The van der Waals surface area contributed by atoms with Gasteiger partial charge in [-0.3, -0.25) is 14.9 Å². The average molecular weight is 273 g/mol. The highest BCUT2D eigenvalue weighted by Gasteiger charge is 2.34. The van der Waals surface area contributed by atoms with Crippen LogP contribution in [0.4, 0.5) is 5.69 Å². The normalized spacial score (nSPS) is 26.8. The highest BCUT2D eigenvalue weighted by molar-refractivity contribution is 6.02. The zero-order valence-electron chi connectivity index (χ0n) is 11.6. The van der Waals surface area contributed by atoms with Crippen LogP contribution in [0, 0.1) is 0 Å². The van der Waals surface area contributed by atoms with Crippen LogP contribution in [0.2, 0.25) is 0 Å². The Kier molecular flexibility index (Phi) is 3.22. The maximum absolute atomic E-state index is 11.6. The van der Waals surface area contributed by atoms with E-state index in [0.29, 0.717) is 0 Å². The quantitative estimate of drug-likeness (QED) is 0.781. The Morgan fingerprint density at radius 3 is 2.50 bits per heavy atom. The minimum Gasteiger partial charge on any atom is -0.353 e. The summed E-state index contributed by atoms with van der Waals surface area (Å²) >= 11 is 0. The molecular formula is C15H19N3O2. The van der Waals surface area contributed by atoms with Crippen molar-refractivity contribution >= 4 is 17.5 Å². The standard InChI is InChI=1S/C15H19N3O2/c1-15(7-4-8-16-15)11-5-2-3-6-12(11)18-9-13(19)17-14(20)10-18/h2-3,5-6,16H,4,7-10H2,1H3,(H,17,19,20). The van der Waals surface area contributed by atoms with Gasteiger partial charge < -0.3 is 10.2 Å². The minimum absolute atomic E-state index is 0.0758. The highest BCUT2D eigenvalue weighted by atomic mass is 16.2. The summed E-state index contributed by atoms with van der Waals surface area (Å²) in [6.45, 7) is 3.66. The first-order valence-electron chi connectivity index (χ1n) is 7.01. The number of anilines is 1. The lowest BCUT2D eigenvalue weighted by Crippen LogP contribution is -2.52. The zero-order chi connectivity index (χ0) is 14.2. The van der Waals surface area contributed by atoms with Gasteiger partial charge in [0.05, 0.1) is 13.1 Å². The third-order valence-electron chi connectivity index (χ3n) is 4.16. The molecule has 2 heterocycles. The highest BCUT2D eigenvalue weighted by Crippen LogP contribution is 2.36. The van der Waals surface area contributed by atoms with Gasteiger partial charge in [-0.05, 0) is 37.9 Å². The maximum Gasteiger partial charge on any atom is 0.246 e. The van der Waals surface area contributed by atoms with Gasteiger partial charge in [0, 0.05) is 11.2 Å². The average Bonchev–Trinajstić information content (AvgIpc) is 2.86. The third-order valence-corrected chi connectivity index (χ3v) is 4.16. The van der Waals surface area contributed by atoms with Gasteiger partial charge in [-0.15, -0.1) is 0 Å². The van der Waals surface area contributed by atoms with Gasteiger partial charge in [0.25, 0.3) is 0 Å². The van der Waals surface area contributed by atoms with Gasteiger partial charge in [0.2, 0.25) is 11.8 Å². The first kappa shape index (κ1) is 13.1. The molecular weight excluding hydrogens is 254 g/mol. The Hall–Kier alpha value is -1.88. The SMILES string of the molecule is CC1(c2ccccc2N2CC(=O)NC(=O)C2)CCCN1. The number of rotatable bonds is 2. The molecule has 2 saturated heterocycles. The molecule has 2 fully saturated rings. The molecule has 1 aromatic rings. The Bertz CT molecular complexity index is 534. The van der Waals surface area contributed by atoms with Crippen LogP contribution in [0.25, 0.3) is 0 Å². The van der Waals surface area contributed by atoms with E-state index >= 15 is 0 Å². The molecule has 0 spiro atoms. The van der Waals surface area contributed by atoms with Gasteiger partial charge in [-0.2, -0.15) is 0 Å². The molecule has 0 saturated carbocycles. The summed E-state index contributed by atoms with van der Waals surface area (Å²) in [4.78, 5) is 25.0. The largest absolute Gasteiger partial charge is 0.353 e. The van der Waals surface area contributed by atoms with Gasteiger partial charge >= 0.3 is 0 Å². The van der Waals surface area contributed by atoms with Crippen molar-refractivity contribution in [2.45, 2.75) is 25.3 Å². The van der Waals surface area contributed by atoms with E-state index < -0.39 is 0 Å². The van der Waals surface area contributed by atoms with Gasteiger partial charge in [0.15, 0.2) is 0 Å². The summed E-state index contributed by atoms with van der Waals surface area (Å²) in [5.41, 5.74) is 2.07. The number of carbonyl (C=O) groups excluding carboxylic acids is 2. The molecule has 20 heavy (non-hydrogen) atoms. The van der Waals surface area contributed by atoms with Crippen molar-refractivity contribution in [3.63, 3.8) is 0 Å². The van der Waals surface area contributed by atoms with Crippen LogP contribution >= 0.6 is 0 Å². The Morgan fingerprint density at radius 2 is 1.85 bits per heavy atom. The lowest BCUT2D eigenvalue weighted by molar-refractivity contribution is -0.130. The van der Waals surface area contributed by atoms with Crippen LogP contribution in [-0.2, 0) is 15.1 Å². The first-order chi connectivity index (χ1) is 9.58. The van der Waals surface area contributed by atoms with Crippen LogP contribution in [0.3, 0.4) is 0 Å². The molecule has 1 unspecified atom stereocenters. The van der Waals surface area contributed by atoms with E-state index in [9.17, 15) is 9.59 Å². The molecule has 2 aliphatic heterocycles. The fraction of sp³-hybridized carbons (Fsp3) is 0.467. The Balaban J connectivity index is 1.97. The predicted octanol–water partition coefficient (Wildman–Crippen LogP) is 0.748. The monoisotopic (exact) mass is 273 g/mol. The molecule has 1 atom stereocenters. The molecule has 1 aromatic carbocycles.